The predicted octanol–water partition coefficient (Wildman–Crippen LogP) is 3.16. The molecule has 2 N–H and O–H groups in total. The third kappa shape index (κ3) is 3.45. The molecule has 0 unspecified atom stereocenters. The molecule has 0 fully saturated rings. The SMILES string of the molecule is Cc1cc(S(=O)(=O)N(C)Cc2ccccc2Br)ccc1N. The van der Waals surface area contributed by atoms with Crippen molar-refractivity contribution >= 4 is 31.6 Å². The zero-order valence-electron chi connectivity index (χ0n) is 11.9. The van der Waals surface area contributed by atoms with Crippen LogP contribution in [0.25, 0.3) is 0 Å². The van der Waals surface area contributed by atoms with Gasteiger partial charge in [-0.15, -0.1) is 0 Å². The van der Waals surface area contributed by atoms with E-state index in [2.05, 4.69) is 15.9 Å². The first-order valence-electron chi connectivity index (χ1n) is 6.38. The number of aryl methyl sites for hydroxylation is 1. The number of benzene rings is 2. The van der Waals surface area contributed by atoms with Gasteiger partial charge in [-0.3, -0.25) is 0 Å². The second-order valence-corrected chi connectivity index (χ2v) is 7.77. The Morgan fingerprint density at radius 3 is 2.48 bits per heavy atom. The number of nitrogens with zero attached hydrogens (tertiary/aromatic N) is 1. The maximum absolute atomic E-state index is 12.6. The van der Waals surface area contributed by atoms with Gasteiger partial charge in [0.15, 0.2) is 0 Å². The van der Waals surface area contributed by atoms with Gasteiger partial charge in [0, 0.05) is 23.8 Å². The van der Waals surface area contributed by atoms with Gasteiger partial charge in [-0.05, 0) is 42.3 Å². The summed E-state index contributed by atoms with van der Waals surface area (Å²) < 4.78 is 27.4. The second kappa shape index (κ2) is 6.17. The van der Waals surface area contributed by atoms with E-state index in [-0.39, 0.29) is 4.90 Å². The fourth-order valence-corrected chi connectivity index (χ4v) is 3.58. The van der Waals surface area contributed by atoms with E-state index in [1.165, 1.54) is 10.4 Å². The van der Waals surface area contributed by atoms with Crippen molar-refractivity contribution in [1.29, 1.82) is 0 Å². The maximum Gasteiger partial charge on any atom is 0.243 e. The average Bonchev–Trinajstić information content (AvgIpc) is 2.44. The van der Waals surface area contributed by atoms with Crippen LogP contribution in [0.1, 0.15) is 11.1 Å². The minimum absolute atomic E-state index is 0.253. The highest BCUT2D eigenvalue weighted by molar-refractivity contribution is 9.10. The molecule has 0 spiro atoms. The Hall–Kier alpha value is -1.37. The lowest BCUT2D eigenvalue weighted by Gasteiger charge is -2.18. The van der Waals surface area contributed by atoms with E-state index in [1.807, 2.05) is 24.3 Å². The number of hydrogen-bond acceptors (Lipinski definition) is 3. The smallest absolute Gasteiger partial charge is 0.243 e. The lowest BCUT2D eigenvalue weighted by atomic mass is 10.2. The molecule has 4 nitrogen and oxygen atoms in total. The summed E-state index contributed by atoms with van der Waals surface area (Å²) in [5.74, 6) is 0. The van der Waals surface area contributed by atoms with Crippen molar-refractivity contribution in [3.63, 3.8) is 0 Å². The van der Waals surface area contributed by atoms with Crippen LogP contribution in [0, 0.1) is 6.92 Å². The van der Waals surface area contributed by atoms with Crippen LogP contribution in [-0.2, 0) is 16.6 Å². The molecular weight excluding hydrogens is 352 g/mol. The lowest BCUT2D eigenvalue weighted by Crippen LogP contribution is -2.26. The van der Waals surface area contributed by atoms with Crippen molar-refractivity contribution in [3.8, 4) is 0 Å². The molecule has 0 amide bonds. The standard InChI is InChI=1S/C15H17BrN2O2S/c1-11-9-13(7-8-15(11)17)21(19,20)18(2)10-12-5-3-4-6-14(12)16/h3-9H,10,17H2,1-2H3. The molecule has 0 radical (unpaired) electrons. The van der Waals surface area contributed by atoms with Crippen molar-refractivity contribution in [1.82, 2.24) is 4.31 Å². The van der Waals surface area contributed by atoms with Crippen LogP contribution >= 0.6 is 15.9 Å². The number of hydrogen-bond donors (Lipinski definition) is 1. The van der Waals surface area contributed by atoms with E-state index in [9.17, 15) is 8.42 Å². The topological polar surface area (TPSA) is 63.4 Å². The van der Waals surface area contributed by atoms with Gasteiger partial charge in [0.25, 0.3) is 0 Å². The highest BCUT2D eigenvalue weighted by atomic mass is 79.9. The molecule has 0 aliphatic heterocycles. The summed E-state index contributed by atoms with van der Waals surface area (Å²) in [5, 5.41) is 0. The zero-order chi connectivity index (χ0) is 15.6. The Labute approximate surface area is 133 Å². The van der Waals surface area contributed by atoms with Crippen LogP contribution in [0.15, 0.2) is 51.8 Å². The zero-order valence-corrected chi connectivity index (χ0v) is 14.3. The van der Waals surface area contributed by atoms with Crippen LogP contribution < -0.4 is 5.73 Å². The molecule has 0 bridgehead atoms. The highest BCUT2D eigenvalue weighted by Crippen LogP contribution is 2.23. The third-order valence-corrected chi connectivity index (χ3v) is 5.87. The monoisotopic (exact) mass is 368 g/mol. The Kier molecular flexibility index (Phi) is 4.70. The van der Waals surface area contributed by atoms with Gasteiger partial charge >= 0.3 is 0 Å². The first-order chi connectivity index (χ1) is 9.82. The summed E-state index contributed by atoms with van der Waals surface area (Å²) in [6, 6.07) is 12.3. The largest absolute Gasteiger partial charge is 0.399 e. The number of halogens is 1. The molecule has 0 saturated heterocycles. The van der Waals surface area contributed by atoms with Crippen molar-refractivity contribution in [2.45, 2.75) is 18.4 Å². The van der Waals surface area contributed by atoms with Crippen molar-refractivity contribution in [2.24, 2.45) is 0 Å². The molecule has 0 heterocycles. The van der Waals surface area contributed by atoms with Crippen molar-refractivity contribution in [2.75, 3.05) is 12.8 Å². The second-order valence-electron chi connectivity index (χ2n) is 4.87. The number of anilines is 1. The van der Waals surface area contributed by atoms with Gasteiger partial charge in [0.05, 0.1) is 4.90 Å². The van der Waals surface area contributed by atoms with Gasteiger partial charge < -0.3 is 5.73 Å². The fraction of sp³-hybridized carbons (Fsp3) is 0.200. The van der Waals surface area contributed by atoms with Gasteiger partial charge in [0.2, 0.25) is 10.0 Å². The third-order valence-electron chi connectivity index (χ3n) is 3.30. The number of nitrogen functional groups attached to an aromatic ring is 1. The number of sulfonamides is 1. The Morgan fingerprint density at radius 1 is 1.19 bits per heavy atom. The predicted molar refractivity (Wildman–Crippen MR) is 88.4 cm³/mol. The Morgan fingerprint density at radius 2 is 1.86 bits per heavy atom. The highest BCUT2D eigenvalue weighted by Gasteiger charge is 2.21. The first kappa shape index (κ1) is 16.0. The van der Waals surface area contributed by atoms with E-state index >= 15 is 0 Å². The van der Waals surface area contributed by atoms with E-state index < -0.39 is 10.0 Å². The molecule has 2 rings (SSSR count). The van der Waals surface area contributed by atoms with Crippen molar-refractivity contribution < 1.29 is 8.42 Å². The number of nitrogens with two attached hydrogens (primary N) is 1. The normalized spacial score (nSPS) is 11.8. The number of rotatable bonds is 4. The van der Waals surface area contributed by atoms with Crippen LogP contribution in [0.2, 0.25) is 0 Å². The minimum atomic E-state index is -3.54. The fourth-order valence-electron chi connectivity index (χ4n) is 1.94. The maximum atomic E-state index is 12.6. The molecule has 0 aliphatic carbocycles. The van der Waals surface area contributed by atoms with Gasteiger partial charge in [-0.2, -0.15) is 4.31 Å². The van der Waals surface area contributed by atoms with E-state index in [0.717, 1.165) is 15.6 Å². The summed E-state index contributed by atoms with van der Waals surface area (Å²) in [5.41, 5.74) is 7.99. The van der Waals surface area contributed by atoms with Crippen LogP contribution in [0.4, 0.5) is 5.69 Å². The first-order valence-corrected chi connectivity index (χ1v) is 8.61. The van der Waals surface area contributed by atoms with Gasteiger partial charge in [-0.1, -0.05) is 34.1 Å². The summed E-state index contributed by atoms with van der Waals surface area (Å²) in [6.45, 7) is 2.09. The molecule has 112 valence electrons. The van der Waals surface area contributed by atoms with Crippen LogP contribution in [-0.4, -0.2) is 19.8 Å². The molecule has 0 aliphatic rings. The summed E-state index contributed by atoms with van der Waals surface area (Å²) >= 11 is 3.43. The minimum Gasteiger partial charge on any atom is -0.399 e. The Balaban J connectivity index is 2.30. The Bertz CT molecular complexity index is 760. The summed E-state index contributed by atoms with van der Waals surface area (Å²) in [7, 11) is -1.97. The molecule has 2 aromatic carbocycles. The molecule has 2 aromatic rings. The van der Waals surface area contributed by atoms with E-state index in [0.29, 0.717) is 12.2 Å². The molecule has 21 heavy (non-hydrogen) atoms. The van der Waals surface area contributed by atoms with Crippen LogP contribution in [0.3, 0.4) is 0 Å². The summed E-state index contributed by atoms with van der Waals surface area (Å²) in [4.78, 5) is 0.253. The average molecular weight is 369 g/mol. The summed E-state index contributed by atoms with van der Waals surface area (Å²) in [6.07, 6.45) is 0. The van der Waals surface area contributed by atoms with E-state index in [1.54, 1.807) is 26.1 Å². The van der Waals surface area contributed by atoms with Crippen molar-refractivity contribution in [3.05, 3.63) is 58.1 Å². The van der Waals surface area contributed by atoms with Crippen LogP contribution in [0.5, 0.6) is 0 Å². The molecular formula is C15H17BrN2O2S. The molecule has 0 aromatic heterocycles. The lowest BCUT2D eigenvalue weighted by molar-refractivity contribution is 0.466. The van der Waals surface area contributed by atoms with Gasteiger partial charge in [0.1, 0.15) is 0 Å². The molecule has 0 saturated carbocycles. The molecule has 0 atom stereocenters. The quantitative estimate of drug-likeness (QED) is 0.842. The van der Waals surface area contributed by atoms with Gasteiger partial charge in [-0.25, -0.2) is 8.42 Å². The molecule has 6 heteroatoms. The van der Waals surface area contributed by atoms with E-state index in [4.69, 9.17) is 5.73 Å².